The highest BCUT2D eigenvalue weighted by Gasteiger charge is 2.15. The number of thiazole rings is 1. The molecular weight excluding hydrogens is 332 g/mol. The molecule has 7 nitrogen and oxygen atoms in total. The van der Waals surface area contributed by atoms with Gasteiger partial charge in [0.1, 0.15) is 16.5 Å². The molecule has 0 bridgehead atoms. The summed E-state index contributed by atoms with van der Waals surface area (Å²) in [5.41, 5.74) is 0.361. The van der Waals surface area contributed by atoms with Crippen LogP contribution >= 0.6 is 11.3 Å². The Morgan fingerprint density at radius 2 is 2.17 bits per heavy atom. The minimum Gasteiger partial charge on any atom is -0.497 e. The van der Waals surface area contributed by atoms with Crippen molar-refractivity contribution in [2.75, 3.05) is 13.7 Å². The van der Waals surface area contributed by atoms with Crippen LogP contribution in [0.2, 0.25) is 0 Å². The zero-order valence-corrected chi connectivity index (χ0v) is 14.2. The minimum atomic E-state index is -1.09. The molecule has 0 saturated heterocycles. The molecule has 2 N–H and O–H groups in total. The van der Waals surface area contributed by atoms with Gasteiger partial charge in [-0.15, -0.1) is 11.3 Å². The number of aromatic carboxylic acids is 1. The number of carbonyl (C=O) groups excluding carboxylic acids is 1. The molecule has 0 unspecified atom stereocenters. The second kappa shape index (κ2) is 8.30. The topological polar surface area (TPSA) is 97.8 Å². The Labute approximate surface area is 143 Å². The smallest absolute Gasteiger partial charge is 0.355 e. The third-order valence-electron chi connectivity index (χ3n) is 3.07. The standard InChI is InChI=1S/C16H18N2O5S/c1-3-6-23-13-7-10(22-2)4-5-11(13)15(19)17-8-14-18-12(9-24-14)16(20)21/h4-5,7,9H,3,6,8H2,1-2H3,(H,17,19)(H,20,21). The van der Waals surface area contributed by atoms with Gasteiger partial charge in [0.15, 0.2) is 5.69 Å². The van der Waals surface area contributed by atoms with Crippen molar-refractivity contribution < 1.29 is 24.2 Å². The number of carbonyl (C=O) groups is 2. The van der Waals surface area contributed by atoms with Crippen LogP contribution in [0.15, 0.2) is 23.6 Å². The summed E-state index contributed by atoms with van der Waals surface area (Å²) in [5.74, 6) is -0.368. The number of nitrogens with one attached hydrogen (secondary N) is 1. The fourth-order valence-electron chi connectivity index (χ4n) is 1.89. The molecule has 1 amide bonds. The Kier molecular flexibility index (Phi) is 6.14. The van der Waals surface area contributed by atoms with E-state index in [2.05, 4.69) is 10.3 Å². The Morgan fingerprint density at radius 3 is 2.79 bits per heavy atom. The number of carboxylic acid groups (broad SMARTS) is 1. The van der Waals surface area contributed by atoms with Gasteiger partial charge >= 0.3 is 5.97 Å². The van der Waals surface area contributed by atoms with Gasteiger partial charge in [-0.1, -0.05) is 6.92 Å². The van der Waals surface area contributed by atoms with Gasteiger partial charge in [0.25, 0.3) is 5.91 Å². The van der Waals surface area contributed by atoms with Gasteiger partial charge in [0.2, 0.25) is 0 Å². The van der Waals surface area contributed by atoms with E-state index in [1.807, 2.05) is 6.92 Å². The molecule has 0 atom stereocenters. The van der Waals surface area contributed by atoms with E-state index in [-0.39, 0.29) is 18.1 Å². The molecule has 0 aliphatic heterocycles. The van der Waals surface area contributed by atoms with E-state index in [1.54, 1.807) is 25.3 Å². The van der Waals surface area contributed by atoms with Crippen LogP contribution in [0.5, 0.6) is 11.5 Å². The molecule has 2 rings (SSSR count). The van der Waals surface area contributed by atoms with Crippen molar-refractivity contribution in [1.29, 1.82) is 0 Å². The van der Waals surface area contributed by atoms with E-state index in [4.69, 9.17) is 14.6 Å². The highest BCUT2D eigenvalue weighted by molar-refractivity contribution is 7.09. The first-order valence-electron chi connectivity index (χ1n) is 7.31. The maximum Gasteiger partial charge on any atom is 0.355 e. The molecule has 2 aromatic rings. The van der Waals surface area contributed by atoms with Crippen LogP contribution in [-0.2, 0) is 6.54 Å². The normalized spacial score (nSPS) is 10.2. The molecule has 0 fully saturated rings. The third kappa shape index (κ3) is 4.45. The molecule has 0 spiro atoms. The van der Waals surface area contributed by atoms with Crippen LogP contribution in [-0.4, -0.2) is 35.7 Å². The first kappa shape index (κ1) is 17.7. The zero-order chi connectivity index (χ0) is 17.5. The highest BCUT2D eigenvalue weighted by Crippen LogP contribution is 2.25. The number of hydrogen-bond acceptors (Lipinski definition) is 6. The molecule has 0 radical (unpaired) electrons. The monoisotopic (exact) mass is 350 g/mol. The largest absolute Gasteiger partial charge is 0.497 e. The fourth-order valence-corrected chi connectivity index (χ4v) is 2.60. The van der Waals surface area contributed by atoms with E-state index < -0.39 is 5.97 Å². The van der Waals surface area contributed by atoms with E-state index >= 15 is 0 Å². The molecule has 128 valence electrons. The molecule has 24 heavy (non-hydrogen) atoms. The lowest BCUT2D eigenvalue weighted by Gasteiger charge is -2.12. The summed E-state index contributed by atoms with van der Waals surface area (Å²) in [5, 5.41) is 13.5. The average Bonchev–Trinajstić information content (AvgIpc) is 3.07. The van der Waals surface area contributed by atoms with Crippen LogP contribution in [0.3, 0.4) is 0 Å². The van der Waals surface area contributed by atoms with Crippen LogP contribution in [0.25, 0.3) is 0 Å². The lowest BCUT2D eigenvalue weighted by Crippen LogP contribution is -2.23. The van der Waals surface area contributed by atoms with Crippen LogP contribution in [0.1, 0.15) is 39.2 Å². The third-order valence-corrected chi connectivity index (χ3v) is 3.91. The molecular formula is C16H18N2O5S. The SMILES string of the molecule is CCCOc1cc(OC)ccc1C(=O)NCc1nc(C(=O)O)cs1. The molecule has 0 aliphatic carbocycles. The summed E-state index contributed by atoms with van der Waals surface area (Å²) in [4.78, 5) is 27.1. The van der Waals surface area contributed by atoms with E-state index in [9.17, 15) is 9.59 Å². The van der Waals surface area contributed by atoms with Crippen molar-refractivity contribution in [3.05, 3.63) is 39.8 Å². The molecule has 1 heterocycles. The summed E-state index contributed by atoms with van der Waals surface area (Å²) in [6.07, 6.45) is 0.815. The maximum atomic E-state index is 12.4. The number of hydrogen-bond donors (Lipinski definition) is 2. The molecule has 0 aliphatic rings. The van der Waals surface area contributed by atoms with Gasteiger partial charge < -0.3 is 19.9 Å². The molecule has 1 aromatic heterocycles. The molecule has 8 heteroatoms. The van der Waals surface area contributed by atoms with Crippen molar-refractivity contribution in [2.24, 2.45) is 0 Å². The van der Waals surface area contributed by atoms with Crippen molar-refractivity contribution in [2.45, 2.75) is 19.9 Å². The zero-order valence-electron chi connectivity index (χ0n) is 13.4. The number of methoxy groups -OCH3 is 1. The van der Waals surface area contributed by atoms with Crippen molar-refractivity contribution in [3.8, 4) is 11.5 Å². The predicted octanol–water partition coefficient (Wildman–Crippen LogP) is 2.57. The Hall–Kier alpha value is -2.61. The van der Waals surface area contributed by atoms with Crippen LogP contribution in [0.4, 0.5) is 0 Å². The summed E-state index contributed by atoms with van der Waals surface area (Å²) < 4.78 is 10.8. The number of carboxylic acids is 1. The average molecular weight is 350 g/mol. The second-order valence-electron chi connectivity index (χ2n) is 4.82. The Balaban J connectivity index is 2.08. The fraction of sp³-hybridized carbons (Fsp3) is 0.312. The number of rotatable bonds is 8. The van der Waals surface area contributed by atoms with E-state index in [0.717, 1.165) is 6.42 Å². The summed E-state index contributed by atoms with van der Waals surface area (Å²) in [6.45, 7) is 2.61. The quantitative estimate of drug-likeness (QED) is 0.759. The van der Waals surface area contributed by atoms with Gasteiger partial charge in [0, 0.05) is 11.4 Å². The lowest BCUT2D eigenvalue weighted by atomic mass is 10.1. The van der Waals surface area contributed by atoms with Crippen molar-refractivity contribution in [1.82, 2.24) is 10.3 Å². The number of ether oxygens (including phenoxy) is 2. The van der Waals surface area contributed by atoms with Gasteiger partial charge in [0.05, 0.1) is 25.8 Å². The Morgan fingerprint density at radius 1 is 1.38 bits per heavy atom. The van der Waals surface area contributed by atoms with E-state index in [0.29, 0.717) is 28.7 Å². The van der Waals surface area contributed by atoms with Crippen molar-refractivity contribution >= 4 is 23.2 Å². The first-order chi connectivity index (χ1) is 11.5. The van der Waals surface area contributed by atoms with E-state index in [1.165, 1.54) is 16.7 Å². The summed E-state index contributed by atoms with van der Waals surface area (Å²) in [7, 11) is 1.54. The molecule has 1 aromatic carbocycles. The van der Waals surface area contributed by atoms with Crippen molar-refractivity contribution in [3.63, 3.8) is 0 Å². The number of amides is 1. The first-order valence-corrected chi connectivity index (χ1v) is 8.19. The van der Waals surface area contributed by atoms with Gasteiger partial charge in [-0.2, -0.15) is 0 Å². The Bertz CT molecular complexity index is 729. The second-order valence-corrected chi connectivity index (χ2v) is 5.77. The number of nitrogens with zero attached hydrogens (tertiary/aromatic N) is 1. The number of benzene rings is 1. The minimum absolute atomic E-state index is 0.0272. The number of aromatic nitrogens is 1. The summed E-state index contributed by atoms with van der Waals surface area (Å²) in [6, 6.07) is 4.97. The molecule has 0 saturated carbocycles. The highest BCUT2D eigenvalue weighted by atomic mass is 32.1. The van der Waals surface area contributed by atoms with Crippen LogP contribution in [0, 0.1) is 0 Å². The van der Waals surface area contributed by atoms with Crippen LogP contribution < -0.4 is 14.8 Å². The predicted molar refractivity (Wildman–Crippen MR) is 89.0 cm³/mol. The van der Waals surface area contributed by atoms with Gasteiger partial charge in [-0.25, -0.2) is 9.78 Å². The summed E-state index contributed by atoms with van der Waals surface area (Å²) >= 11 is 1.18. The lowest BCUT2D eigenvalue weighted by molar-refractivity contribution is 0.0691. The van der Waals surface area contributed by atoms with Gasteiger partial charge in [-0.3, -0.25) is 4.79 Å². The van der Waals surface area contributed by atoms with Gasteiger partial charge in [-0.05, 0) is 18.6 Å². The maximum absolute atomic E-state index is 12.4.